The minimum atomic E-state index is 0.590. The van der Waals surface area contributed by atoms with Crippen LogP contribution in [0.5, 0.6) is 0 Å². The van der Waals surface area contributed by atoms with Crippen LogP contribution in [0.15, 0.2) is 48.7 Å². The fourth-order valence-corrected chi connectivity index (χ4v) is 2.41. The molecular weight excluding hydrogens is 298 g/mol. The minimum Gasteiger partial charge on any atom is -0.364 e. The molecule has 0 aliphatic heterocycles. The fourth-order valence-electron chi connectivity index (χ4n) is 2.41. The molecule has 0 radical (unpaired) electrons. The fraction of sp³-hybridized carbons (Fsp3) is 0.211. The van der Waals surface area contributed by atoms with Gasteiger partial charge in [-0.05, 0) is 50.1 Å². The second-order valence-electron chi connectivity index (χ2n) is 5.77. The van der Waals surface area contributed by atoms with Crippen LogP contribution in [0, 0.1) is 20.8 Å². The lowest BCUT2D eigenvalue weighted by atomic mass is 10.1. The van der Waals surface area contributed by atoms with Crippen molar-refractivity contribution in [2.45, 2.75) is 27.3 Å². The van der Waals surface area contributed by atoms with E-state index in [9.17, 15) is 0 Å². The van der Waals surface area contributed by atoms with E-state index >= 15 is 0 Å². The van der Waals surface area contributed by atoms with Crippen molar-refractivity contribution in [1.29, 1.82) is 0 Å². The van der Waals surface area contributed by atoms with Crippen LogP contribution in [-0.2, 0) is 6.54 Å². The van der Waals surface area contributed by atoms with E-state index in [-0.39, 0.29) is 0 Å². The monoisotopic (exact) mass is 319 g/mol. The molecule has 0 saturated heterocycles. The molecule has 3 aromatic rings. The van der Waals surface area contributed by atoms with Crippen molar-refractivity contribution >= 4 is 17.5 Å². The molecule has 0 aliphatic carbocycles. The zero-order valence-electron chi connectivity index (χ0n) is 14.2. The third kappa shape index (κ3) is 3.87. The lowest BCUT2D eigenvalue weighted by Gasteiger charge is -2.12. The van der Waals surface area contributed by atoms with E-state index in [2.05, 4.69) is 45.5 Å². The van der Waals surface area contributed by atoms with Crippen molar-refractivity contribution in [2.75, 3.05) is 10.6 Å². The molecule has 1 aromatic carbocycles. The van der Waals surface area contributed by atoms with Gasteiger partial charge in [0.25, 0.3) is 0 Å². The van der Waals surface area contributed by atoms with Gasteiger partial charge in [-0.3, -0.25) is 4.98 Å². The molecule has 0 unspecified atom stereocenters. The Hall–Kier alpha value is -2.95. The highest BCUT2D eigenvalue weighted by Crippen LogP contribution is 2.22. The Morgan fingerprint density at radius 3 is 2.62 bits per heavy atom. The van der Waals surface area contributed by atoms with Gasteiger partial charge in [-0.2, -0.15) is 4.98 Å². The van der Waals surface area contributed by atoms with Crippen molar-refractivity contribution in [1.82, 2.24) is 15.0 Å². The van der Waals surface area contributed by atoms with E-state index in [4.69, 9.17) is 0 Å². The van der Waals surface area contributed by atoms with Crippen molar-refractivity contribution < 1.29 is 0 Å². The molecule has 2 aromatic heterocycles. The van der Waals surface area contributed by atoms with E-state index in [1.54, 1.807) is 6.20 Å². The van der Waals surface area contributed by atoms with Gasteiger partial charge in [-0.25, -0.2) is 4.98 Å². The smallest absolute Gasteiger partial charge is 0.229 e. The summed E-state index contributed by atoms with van der Waals surface area (Å²) in [7, 11) is 0. The van der Waals surface area contributed by atoms with Gasteiger partial charge in [0, 0.05) is 23.6 Å². The van der Waals surface area contributed by atoms with Gasteiger partial charge < -0.3 is 10.6 Å². The Balaban J connectivity index is 1.77. The van der Waals surface area contributed by atoms with Gasteiger partial charge in [0.05, 0.1) is 12.2 Å². The number of aryl methyl sites for hydroxylation is 2. The van der Waals surface area contributed by atoms with Crippen LogP contribution >= 0.6 is 0 Å². The number of nitrogens with one attached hydrogen (secondary N) is 2. The Kier molecular flexibility index (Phi) is 4.70. The standard InChI is InChI=1S/C19H21N5/c1-13-7-6-9-17(15(13)3)23-19-22-14(2)11-18(24-19)21-12-16-8-4-5-10-20-16/h4-11H,12H2,1-3H3,(H2,21,22,23,24). The van der Waals surface area contributed by atoms with Crippen LogP contribution < -0.4 is 10.6 Å². The van der Waals surface area contributed by atoms with Crippen molar-refractivity contribution in [2.24, 2.45) is 0 Å². The first kappa shape index (κ1) is 15.9. The molecule has 5 nitrogen and oxygen atoms in total. The van der Waals surface area contributed by atoms with E-state index in [1.165, 1.54) is 11.1 Å². The van der Waals surface area contributed by atoms with Crippen molar-refractivity contribution in [3.8, 4) is 0 Å². The number of rotatable bonds is 5. The molecule has 5 heteroatoms. The summed E-state index contributed by atoms with van der Waals surface area (Å²) in [6.45, 7) is 6.77. The van der Waals surface area contributed by atoms with E-state index in [0.717, 1.165) is 22.9 Å². The summed E-state index contributed by atoms with van der Waals surface area (Å²) in [5, 5.41) is 6.61. The molecule has 2 N–H and O–H groups in total. The van der Waals surface area contributed by atoms with Crippen molar-refractivity contribution in [3.05, 3.63) is 71.2 Å². The maximum Gasteiger partial charge on any atom is 0.229 e. The number of benzene rings is 1. The number of anilines is 3. The van der Waals surface area contributed by atoms with Crippen LogP contribution in [0.4, 0.5) is 17.5 Å². The summed E-state index contributed by atoms with van der Waals surface area (Å²) < 4.78 is 0. The molecule has 122 valence electrons. The average molecular weight is 319 g/mol. The number of aromatic nitrogens is 3. The zero-order valence-corrected chi connectivity index (χ0v) is 14.2. The third-order valence-corrected chi connectivity index (χ3v) is 3.88. The second-order valence-corrected chi connectivity index (χ2v) is 5.77. The minimum absolute atomic E-state index is 0.590. The molecule has 0 saturated carbocycles. The van der Waals surface area contributed by atoms with Crippen LogP contribution in [0.1, 0.15) is 22.5 Å². The summed E-state index contributed by atoms with van der Waals surface area (Å²) in [6, 6.07) is 14.0. The molecule has 0 fully saturated rings. The van der Waals surface area contributed by atoms with E-state index < -0.39 is 0 Å². The lowest BCUT2D eigenvalue weighted by molar-refractivity contribution is 1.01. The number of hydrogen-bond acceptors (Lipinski definition) is 5. The third-order valence-electron chi connectivity index (χ3n) is 3.88. The predicted octanol–water partition coefficient (Wildman–Crippen LogP) is 4.15. The molecule has 0 spiro atoms. The molecule has 3 rings (SSSR count). The topological polar surface area (TPSA) is 62.7 Å². The first-order chi connectivity index (χ1) is 11.6. The Morgan fingerprint density at radius 2 is 1.83 bits per heavy atom. The van der Waals surface area contributed by atoms with Gasteiger partial charge >= 0.3 is 0 Å². The second kappa shape index (κ2) is 7.08. The maximum atomic E-state index is 4.55. The number of pyridine rings is 1. The molecule has 0 atom stereocenters. The van der Waals surface area contributed by atoms with Crippen LogP contribution in [0.3, 0.4) is 0 Å². The summed E-state index contributed by atoms with van der Waals surface area (Å²) in [5.41, 5.74) is 5.34. The lowest BCUT2D eigenvalue weighted by Crippen LogP contribution is -2.07. The van der Waals surface area contributed by atoms with Crippen molar-refractivity contribution in [3.63, 3.8) is 0 Å². The first-order valence-corrected chi connectivity index (χ1v) is 7.94. The normalized spacial score (nSPS) is 10.5. The van der Waals surface area contributed by atoms with E-state index in [0.29, 0.717) is 12.5 Å². The zero-order chi connectivity index (χ0) is 16.9. The molecule has 0 bridgehead atoms. The molecule has 0 aliphatic rings. The van der Waals surface area contributed by atoms with Crippen LogP contribution in [0.25, 0.3) is 0 Å². The van der Waals surface area contributed by atoms with Gasteiger partial charge in [0.1, 0.15) is 5.82 Å². The quantitative estimate of drug-likeness (QED) is 0.739. The Bertz CT molecular complexity index is 830. The summed E-state index contributed by atoms with van der Waals surface area (Å²) in [4.78, 5) is 13.3. The average Bonchev–Trinajstić information content (AvgIpc) is 2.58. The van der Waals surface area contributed by atoms with E-state index in [1.807, 2.05) is 43.3 Å². The Morgan fingerprint density at radius 1 is 0.958 bits per heavy atom. The van der Waals surface area contributed by atoms with Gasteiger partial charge in [0.2, 0.25) is 5.95 Å². The van der Waals surface area contributed by atoms with Crippen LogP contribution in [-0.4, -0.2) is 15.0 Å². The largest absolute Gasteiger partial charge is 0.364 e. The Labute approximate surface area is 142 Å². The van der Waals surface area contributed by atoms with Gasteiger partial charge in [-0.1, -0.05) is 18.2 Å². The molecule has 0 amide bonds. The SMILES string of the molecule is Cc1cc(NCc2ccccn2)nc(Nc2cccc(C)c2C)n1. The first-order valence-electron chi connectivity index (χ1n) is 7.94. The molecular formula is C19H21N5. The van der Waals surface area contributed by atoms with Gasteiger partial charge in [-0.15, -0.1) is 0 Å². The predicted molar refractivity (Wildman–Crippen MR) is 97.5 cm³/mol. The van der Waals surface area contributed by atoms with Gasteiger partial charge in [0.15, 0.2) is 0 Å². The maximum absolute atomic E-state index is 4.55. The summed E-state index contributed by atoms with van der Waals surface area (Å²) in [6.07, 6.45) is 1.79. The summed E-state index contributed by atoms with van der Waals surface area (Å²) >= 11 is 0. The summed E-state index contributed by atoms with van der Waals surface area (Å²) in [5.74, 6) is 1.37. The highest BCUT2D eigenvalue weighted by atomic mass is 15.1. The van der Waals surface area contributed by atoms with Crippen LogP contribution in [0.2, 0.25) is 0 Å². The number of hydrogen-bond donors (Lipinski definition) is 2. The highest BCUT2D eigenvalue weighted by Gasteiger charge is 2.06. The number of nitrogens with zero attached hydrogens (tertiary/aromatic N) is 3. The molecule has 2 heterocycles. The highest BCUT2D eigenvalue weighted by molar-refractivity contribution is 5.61. The molecule has 24 heavy (non-hydrogen) atoms.